The van der Waals surface area contributed by atoms with E-state index in [0.29, 0.717) is 16.0 Å². The molecule has 3 aromatic rings. The number of hydrogen-bond acceptors (Lipinski definition) is 6. The van der Waals surface area contributed by atoms with Gasteiger partial charge in [-0.1, -0.05) is 23.2 Å². The zero-order chi connectivity index (χ0) is 18.8. The van der Waals surface area contributed by atoms with Crippen LogP contribution in [0.1, 0.15) is 16.1 Å². The molecule has 0 saturated carbocycles. The number of rotatable bonds is 4. The molecular formula is C16H9Cl2N3O5. The molecule has 26 heavy (non-hydrogen) atoms. The lowest BCUT2D eigenvalue weighted by Crippen LogP contribution is -2.16. The van der Waals surface area contributed by atoms with Crippen molar-refractivity contribution in [2.24, 2.45) is 5.10 Å². The number of amides is 1. The molecule has 0 saturated heterocycles. The van der Waals surface area contributed by atoms with Crippen LogP contribution in [0.15, 0.2) is 45.9 Å². The first-order valence-electron chi connectivity index (χ1n) is 7.04. The third kappa shape index (κ3) is 3.61. The van der Waals surface area contributed by atoms with Crippen LogP contribution in [0.5, 0.6) is 5.75 Å². The topological polar surface area (TPSA) is 118 Å². The number of nitro benzene ring substituents is 1. The maximum atomic E-state index is 12.1. The molecule has 0 aliphatic carbocycles. The number of fused-ring (bicyclic) bond motifs is 1. The van der Waals surface area contributed by atoms with Gasteiger partial charge in [0.15, 0.2) is 5.76 Å². The van der Waals surface area contributed by atoms with E-state index in [9.17, 15) is 20.0 Å². The number of nitrogens with zero attached hydrogens (tertiary/aromatic N) is 2. The van der Waals surface area contributed by atoms with Gasteiger partial charge in [-0.25, -0.2) is 5.43 Å². The number of hydrogen-bond donors (Lipinski definition) is 2. The molecule has 1 aromatic heterocycles. The maximum absolute atomic E-state index is 12.1. The number of nitro groups is 1. The molecule has 2 N–H and O–H groups in total. The van der Waals surface area contributed by atoms with Crippen LogP contribution in [-0.4, -0.2) is 22.2 Å². The summed E-state index contributed by atoms with van der Waals surface area (Å²) < 4.78 is 5.38. The summed E-state index contributed by atoms with van der Waals surface area (Å²) in [4.78, 5) is 22.1. The monoisotopic (exact) mass is 393 g/mol. The fraction of sp³-hybridized carbons (Fsp3) is 0. The van der Waals surface area contributed by atoms with E-state index in [0.717, 1.165) is 12.3 Å². The van der Waals surface area contributed by atoms with Gasteiger partial charge in [-0.05, 0) is 30.3 Å². The number of furan rings is 1. The molecule has 0 aliphatic rings. The summed E-state index contributed by atoms with van der Waals surface area (Å²) in [5, 5.41) is 25.5. The Morgan fingerprint density at radius 1 is 1.23 bits per heavy atom. The summed E-state index contributed by atoms with van der Waals surface area (Å²) in [6.45, 7) is 0. The van der Waals surface area contributed by atoms with E-state index in [1.165, 1.54) is 12.1 Å². The molecule has 8 nitrogen and oxygen atoms in total. The number of nitrogens with one attached hydrogen (secondary N) is 1. The Bertz CT molecular complexity index is 1060. The van der Waals surface area contributed by atoms with Crippen molar-refractivity contribution in [2.45, 2.75) is 0 Å². The second kappa shape index (κ2) is 7.03. The molecule has 0 aliphatic heterocycles. The Labute approximate surface area is 155 Å². The summed E-state index contributed by atoms with van der Waals surface area (Å²) in [5.74, 6) is -1.26. The smallest absolute Gasteiger partial charge is 0.312 e. The molecular weight excluding hydrogens is 385 g/mol. The highest BCUT2D eigenvalue weighted by molar-refractivity contribution is 6.31. The minimum atomic E-state index is -0.781. The molecule has 0 spiro atoms. The molecule has 2 aromatic carbocycles. The van der Waals surface area contributed by atoms with Crippen LogP contribution in [0.4, 0.5) is 5.69 Å². The van der Waals surface area contributed by atoms with E-state index >= 15 is 0 Å². The highest BCUT2D eigenvalue weighted by Crippen LogP contribution is 2.32. The van der Waals surface area contributed by atoms with Gasteiger partial charge in [-0.15, -0.1) is 0 Å². The van der Waals surface area contributed by atoms with Crippen LogP contribution in [0, 0.1) is 10.1 Å². The largest absolute Gasteiger partial charge is 0.502 e. The van der Waals surface area contributed by atoms with Crippen molar-refractivity contribution in [2.75, 3.05) is 0 Å². The summed E-state index contributed by atoms with van der Waals surface area (Å²) in [5.41, 5.74) is 2.08. The van der Waals surface area contributed by atoms with E-state index in [-0.39, 0.29) is 16.3 Å². The number of aromatic hydroxyl groups is 1. The minimum absolute atomic E-state index is 0.000660. The number of phenols is 1. The number of phenolic OH excluding ortho intramolecular Hbond substituents is 1. The second-order valence-electron chi connectivity index (χ2n) is 5.11. The fourth-order valence-corrected chi connectivity index (χ4v) is 2.59. The van der Waals surface area contributed by atoms with Crippen molar-refractivity contribution in [1.82, 2.24) is 5.43 Å². The number of hydrazone groups is 1. The molecule has 3 rings (SSSR count). The highest BCUT2D eigenvalue weighted by atomic mass is 35.5. The van der Waals surface area contributed by atoms with Crippen LogP contribution < -0.4 is 5.43 Å². The molecule has 1 amide bonds. The van der Waals surface area contributed by atoms with Gasteiger partial charge < -0.3 is 9.52 Å². The van der Waals surface area contributed by atoms with Crippen molar-refractivity contribution in [3.8, 4) is 5.75 Å². The molecule has 0 unspecified atom stereocenters. The SMILES string of the molecule is O=C(N/N=C/c1cc(Cl)cc([N+](=O)[O-])c1O)c1cc2cc(Cl)ccc2o1. The third-order valence-electron chi connectivity index (χ3n) is 3.35. The molecule has 132 valence electrons. The normalized spacial score (nSPS) is 11.2. The first-order valence-corrected chi connectivity index (χ1v) is 7.80. The Morgan fingerprint density at radius 3 is 2.73 bits per heavy atom. The van der Waals surface area contributed by atoms with Crippen molar-refractivity contribution in [1.29, 1.82) is 0 Å². The Balaban J connectivity index is 1.79. The lowest BCUT2D eigenvalue weighted by Gasteiger charge is -2.01. The van der Waals surface area contributed by atoms with Crippen LogP contribution in [0.2, 0.25) is 10.0 Å². The molecule has 10 heteroatoms. The standard InChI is InChI=1S/C16H9Cl2N3O5/c17-10-1-2-13-8(3-10)5-14(26-13)16(23)20-19-7-9-4-11(18)6-12(15(9)22)21(24)25/h1-7,22H,(H,20,23)/b19-7+. The first-order chi connectivity index (χ1) is 12.3. The highest BCUT2D eigenvalue weighted by Gasteiger charge is 2.18. The zero-order valence-electron chi connectivity index (χ0n) is 12.8. The van der Waals surface area contributed by atoms with Gasteiger partial charge in [-0.2, -0.15) is 5.10 Å². The maximum Gasteiger partial charge on any atom is 0.312 e. The lowest BCUT2D eigenvalue weighted by atomic mass is 10.2. The summed E-state index contributed by atoms with van der Waals surface area (Å²) in [6, 6.07) is 8.66. The zero-order valence-corrected chi connectivity index (χ0v) is 14.3. The second-order valence-corrected chi connectivity index (χ2v) is 5.98. The van der Waals surface area contributed by atoms with Crippen LogP contribution in [-0.2, 0) is 0 Å². The van der Waals surface area contributed by atoms with Gasteiger partial charge in [0.2, 0.25) is 5.75 Å². The molecule has 0 atom stereocenters. The predicted molar refractivity (Wildman–Crippen MR) is 96.1 cm³/mol. The van der Waals surface area contributed by atoms with E-state index in [1.807, 2.05) is 0 Å². The third-order valence-corrected chi connectivity index (χ3v) is 3.81. The van der Waals surface area contributed by atoms with Gasteiger partial charge >= 0.3 is 11.6 Å². The fourth-order valence-electron chi connectivity index (χ4n) is 2.18. The molecule has 0 bridgehead atoms. The van der Waals surface area contributed by atoms with Crippen LogP contribution in [0.3, 0.4) is 0 Å². The number of carbonyl (C=O) groups excluding carboxylic acids is 1. The quantitative estimate of drug-likeness (QED) is 0.392. The number of benzene rings is 2. The van der Waals surface area contributed by atoms with Gasteiger partial charge in [-0.3, -0.25) is 14.9 Å². The predicted octanol–water partition coefficient (Wildman–Crippen LogP) is 4.12. The Morgan fingerprint density at radius 2 is 2.00 bits per heavy atom. The first kappa shape index (κ1) is 17.7. The summed E-state index contributed by atoms with van der Waals surface area (Å²) in [6.07, 6.45) is 1.03. The van der Waals surface area contributed by atoms with Gasteiger partial charge in [0.1, 0.15) is 5.58 Å². The van der Waals surface area contributed by atoms with E-state index in [2.05, 4.69) is 10.5 Å². The van der Waals surface area contributed by atoms with Crippen molar-refractivity contribution in [3.63, 3.8) is 0 Å². The Hall–Kier alpha value is -3.10. The van der Waals surface area contributed by atoms with Crippen LogP contribution >= 0.6 is 23.2 Å². The lowest BCUT2D eigenvalue weighted by molar-refractivity contribution is -0.385. The van der Waals surface area contributed by atoms with Gasteiger partial charge in [0.25, 0.3) is 0 Å². The molecule has 1 heterocycles. The molecule has 0 radical (unpaired) electrons. The average Bonchev–Trinajstić information content (AvgIpc) is 3.00. The summed E-state index contributed by atoms with van der Waals surface area (Å²) >= 11 is 11.6. The Kier molecular flexibility index (Phi) is 4.79. The van der Waals surface area contributed by atoms with Gasteiger partial charge in [0, 0.05) is 27.1 Å². The van der Waals surface area contributed by atoms with Crippen molar-refractivity contribution >= 4 is 52.0 Å². The van der Waals surface area contributed by atoms with E-state index < -0.39 is 22.3 Å². The van der Waals surface area contributed by atoms with E-state index in [1.54, 1.807) is 18.2 Å². The van der Waals surface area contributed by atoms with Gasteiger partial charge in [0.05, 0.1) is 11.1 Å². The van der Waals surface area contributed by atoms with Crippen LogP contribution in [0.25, 0.3) is 11.0 Å². The number of carbonyl (C=O) groups is 1. The average molecular weight is 394 g/mol. The van der Waals surface area contributed by atoms with Crippen molar-refractivity contribution < 1.29 is 19.2 Å². The number of halogens is 2. The molecule has 0 fully saturated rings. The summed E-state index contributed by atoms with van der Waals surface area (Å²) in [7, 11) is 0. The minimum Gasteiger partial charge on any atom is -0.502 e. The van der Waals surface area contributed by atoms with E-state index in [4.69, 9.17) is 27.6 Å². The van der Waals surface area contributed by atoms with Crippen molar-refractivity contribution in [3.05, 3.63) is 67.9 Å².